The van der Waals surface area contributed by atoms with Gasteiger partial charge in [0.25, 0.3) is 5.56 Å². The van der Waals surface area contributed by atoms with E-state index >= 15 is 0 Å². The molecule has 0 aliphatic heterocycles. The van der Waals surface area contributed by atoms with E-state index in [4.69, 9.17) is 14.5 Å². The second kappa shape index (κ2) is 11.3. The quantitative estimate of drug-likeness (QED) is 0.308. The van der Waals surface area contributed by atoms with Crippen molar-refractivity contribution in [3.63, 3.8) is 0 Å². The average molecular weight is 512 g/mol. The zero-order valence-corrected chi connectivity index (χ0v) is 21.2. The van der Waals surface area contributed by atoms with Gasteiger partial charge in [-0.15, -0.1) is 0 Å². The van der Waals surface area contributed by atoms with Crippen molar-refractivity contribution in [3.8, 4) is 11.5 Å². The molecule has 0 saturated heterocycles. The molecule has 194 valence electrons. The molecule has 4 aromatic rings. The van der Waals surface area contributed by atoms with Gasteiger partial charge < -0.3 is 14.6 Å². The standard InChI is InChI=1S/C30H29N3O5/c1-37-27-17-20(14-15-26(27)38-19-21-8-7-11-23(16-21)30(35)36)18-31-33-28(22-9-3-2-4-10-22)32-25-13-6-5-12-24(25)29(33)34/h5-8,11-18,22H,2-4,9-10,19H2,1H3,(H,35,36). The molecular formula is C30H29N3O5. The summed E-state index contributed by atoms with van der Waals surface area (Å²) in [6.45, 7) is 0.188. The Bertz CT molecular complexity index is 1550. The fourth-order valence-corrected chi connectivity index (χ4v) is 4.84. The normalized spacial score (nSPS) is 14.1. The van der Waals surface area contributed by atoms with Crippen molar-refractivity contribution in [1.82, 2.24) is 9.66 Å². The van der Waals surface area contributed by atoms with Gasteiger partial charge in [0, 0.05) is 5.92 Å². The molecule has 1 saturated carbocycles. The molecule has 1 fully saturated rings. The summed E-state index contributed by atoms with van der Waals surface area (Å²) in [5.41, 5.74) is 2.19. The SMILES string of the molecule is COc1cc(C=Nn2c(C3CCCCC3)nc3ccccc3c2=O)ccc1OCc1cccc(C(=O)O)c1. The minimum Gasteiger partial charge on any atom is -0.493 e. The van der Waals surface area contributed by atoms with Gasteiger partial charge in [0.2, 0.25) is 0 Å². The third-order valence-electron chi connectivity index (χ3n) is 6.83. The Hall–Kier alpha value is -4.46. The van der Waals surface area contributed by atoms with Crippen LogP contribution in [0.4, 0.5) is 0 Å². The molecule has 5 rings (SSSR count). The Morgan fingerprint density at radius 3 is 2.66 bits per heavy atom. The van der Waals surface area contributed by atoms with Crippen LogP contribution in [0.1, 0.15) is 65.3 Å². The molecule has 38 heavy (non-hydrogen) atoms. The van der Waals surface area contributed by atoms with Crippen molar-refractivity contribution in [2.75, 3.05) is 7.11 Å². The van der Waals surface area contributed by atoms with E-state index in [-0.39, 0.29) is 23.6 Å². The van der Waals surface area contributed by atoms with Crippen LogP contribution in [0, 0.1) is 0 Å². The molecule has 0 spiro atoms. The number of carbonyl (C=O) groups is 1. The molecule has 0 bridgehead atoms. The van der Waals surface area contributed by atoms with Crippen LogP contribution in [0.3, 0.4) is 0 Å². The Balaban J connectivity index is 1.42. The van der Waals surface area contributed by atoms with Crippen molar-refractivity contribution in [2.45, 2.75) is 44.6 Å². The molecular weight excluding hydrogens is 482 g/mol. The van der Waals surface area contributed by atoms with Crippen LogP contribution in [0.25, 0.3) is 10.9 Å². The van der Waals surface area contributed by atoms with Crippen LogP contribution in [-0.4, -0.2) is 34.1 Å². The van der Waals surface area contributed by atoms with Crippen LogP contribution in [0.2, 0.25) is 0 Å². The lowest BCUT2D eigenvalue weighted by molar-refractivity contribution is 0.0696. The minimum atomic E-state index is -0.986. The maximum absolute atomic E-state index is 13.4. The fraction of sp³-hybridized carbons (Fsp3) is 0.267. The van der Waals surface area contributed by atoms with Crippen LogP contribution in [0.15, 0.2) is 76.6 Å². The number of rotatable bonds is 8. The summed E-state index contributed by atoms with van der Waals surface area (Å²) >= 11 is 0. The molecule has 8 nitrogen and oxygen atoms in total. The molecule has 3 aromatic carbocycles. The number of hydrogen-bond donors (Lipinski definition) is 1. The largest absolute Gasteiger partial charge is 0.493 e. The number of hydrogen-bond acceptors (Lipinski definition) is 6. The van der Waals surface area contributed by atoms with Crippen molar-refractivity contribution in [1.29, 1.82) is 0 Å². The third-order valence-corrected chi connectivity index (χ3v) is 6.83. The van der Waals surface area contributed by atoms with Gasteiger partial charge in [-0.3, -0.25) is 4.79 Å². The molecule has 1 aliphatic rings. The summed E-state index contributed by atoms with van der Waals surface area (Å²) in [5.74, 6) is 0.932. The molecule has 1 N–H and O–H groups in total. The van der Waals surface area contributed by atoms with E-state index in [2.05, 4.69) is 5.10 Å². The predicted molar refractivity (Wildman–Crippen MR) is 146 cm³/mol. The van der Waals surface area contributed by atoms with Gasteiger partial charge in [-0.2, -0.15) is 9.78 Å². The highest BCUT2D eigenvalue weighted by molar-refractivity contribution is 5.87. The molecule has 0 atom stereocenters. The zero-order chi connectivity index (χ0) is 26.5. The number of ether oxygens (including phenoxy) is 2. The topological polar surface area (TPSA) is 103 Å². The first-order chi connectivity index (χ1) is 18.5. The summed E-state index contributed by atoms with van der Waals surface area (Å²) in [7, 11) is 1.55. The van der Waals surface area contributed by atoms with E-state index < -0.39 is 5.97 Å². The van der Waals surface area contributed by atoms with Crippen molar-refractivity contribution < 1.29 is 19.4 Å². The van der Waals surface area contributed by atoms with Crippen molar-refractivity contribution >= 4 is 23.1 Å². The molecule has 0 unspecified atom stereocenters. The average Bonchev–Trinajstić information content (AvgIpc) is 2.96. The lowest BCUT2D eigenvalue weighted by atomic mass is 9.88. The maximum Gasteiger partial charge on any atom is 0.335 e. The van der Waals surface area contributed by atoms with Gasteiger partial charge >= 0.3 is 5.97 Å². The minimum absolute atomic E-state index is 0.178. The monoisotopic (exact) mass is 511 g/mol. The zero-order valence-electron chi connectivity index (χ0n) is 21.2. The molecule has 8 heteroatoms. The summed E-state index contributed by atoms with van der Waals surface area (Å²) in [4.78, 5) is 29.5. The number of fused-ring (bicyclic) bond motifs is 1. The van der Waals surface area contributed by atoms with E-state index in [9.17, 15) is 14.7 Å². The Morgan fingerprint density at radius 2 is 1.87 bits per heavy atom. The Kier molecular flexibility index (Phi) is 7.49. The number of para-hydroxylation sites is 1. The number of nitrogens with zero attached hydrogens (tertiary/aromatic N) is 3. The Morgan fingerprint density at radius 1 is 1.05 bits per heavy atom. The van der Waals surface area contributed by atoms with Crippen LogP contribution in [0.5, 0.6) is 11.5 Å². The second-order valence-corrected chi connectivity index (χ2v) is 9.39. The number of carboxylic acids is 1. The molecule has 0 radical (unpaired) electrons. The van der Waals surface area contributed by atoms with Gasteiger partial charge in [0.1, 0.15) is 12.4 Å². The van der Waals surface area contributed by atoms with E-state index in [0.717, 1.165) is 36.8 Å². The number of carboxylic acid groups (broad SMARTS) is 1. The van der Waals surface area contributed by atoms with Crippen molar-refractivity contribution in [3.05, 3.63) is 99.6 Å². The first-order valence-corrected chi connectivity index (χ1v) is 12.7. The highest BCUT2D eigenvalue weighted by Gasteiger charge is 2.22. The van der Waals surface area contributed by atoms with Crippen molar-refractivity contribution in [2.24, 2.45) is 5.10 Å². The number of benzene rings is 3. The Labute approximate surface area is 220 Å². The van der Waals surface area contributed by atoms with Crippen LogP contribution < -0.4 is 15.0 Å². The second-order valence-electron chi connectivity index (χ2n) is 9.39. The smallest absolute Gasteiger partial charge is 0.335 e. The number of methoxy groups -OCH3 is 1. The lowest BCUT2D eigenvalue weighted by Crippen LogP contribution is -2.25. The first kappa shape index (κ1) is 25.2. The van der Waals surface area contributed by atoms with Gasteiger partial charge in [0.15, 0.2) is 11.5 Å². The number of aromatic nitrogens is 2. The van der Waals surface area contributed by atoms with E-state index in [0.29, 0.717) is 28.2 Å². The van der Waals surface area contributed by atoms with Gasteiger partial charge in [-0.25, -0.2) is 9.78 Å². The summed E-state index contributed by atoms with van der Waals surface area (Å²) in [5, 5.41) is 14.3. The fourth-order valence-electron chi connectivity index (χ4n) is 4.84. The molecule has 1 aliphatic carbocycles. The lowest BCUT2D eigenvalue weighted by Gasteiger charge is -2.22. The summed E-state index contributed by atoms with van der Waals surface area (Å²) in [6.07, 6.45) is 7.07. The van der Waals surface area contributed by atoms with E-state index in [1.165, 1.54) is 17.2 Å². The third kappa shape index (κ3) is 5.44. The number of aromatic carboxylic acids is 1. The molecule has 0 amide bonds. The van der Waals surface area contributed by atoms with Gasteiger partial charge in [-0.1, -0.05) is 43.5 Å². The van der Waals surface area contributed by atoms with Gasteiger partial charge in [0.05, 0.1) is 29.8 Å². The van der Waals surface area contributed by atoms with Crippen LogP contribution in [-0.2, 0) is 6.61 Å². The molecule has 1 aromatic heterocycles. The molecule has 1 heterocycles. The highest BCUT2D eigenvalue weighted by atomic mass is 16.5. The van der Waals surface area contributed by atoms with Gasteiger partial charge in [-0.05, 0) is 66.4 Å². The van der Waals surface area contributed by atoms with E-state index in [1.807, 2.05) is 24.3 Å². The van der Waals surface area contributed by atoms with E-state index in [1.54, 1.807) is 49.7 Å². The summed E-state index contributed by atoms with van der Waals surface area (Å²) in [6, 6.07) is 19.4. The maximum atomic E-state index is 13.4. The van der Waals surface area contributed by atoms with Crippen LogP contribution >= 0.6 is 0 Å². The first-order valence-electron chi connectivity index (χ1n) is 12.7. The highest BCUT2D eigenvalue weighted by Crippen LogP contribution is 2.32. The predicted octanol–water partition coefficient (Wildman–Crippen LogP) is 5.61. The summed E-state index contributed by atoms with van der Waals surface area (Å²) < 4.78 is 12.9.